The molecule has 5 heteroatoms. The Kier molecular flexibility index (Phi) is 103. The van der Waals surface area contributed by atoms with Crippen molar-refractivity contribution in [2.45, 2.75) is 6.42 Å². The molecular weight excluding hydrogens is 360 g/mol. The molecule has 1 aromatic heterocycles. The van der Waals surface area contributed by atoms with Crippen molar-refractivity contribution in [1.29, 1.82) is 0 Å². The molecule has 1 heterocycles. The Hall–Kier alpha value is 0.440. The molecule has 0 amide bonds. The number of aromatic amines is 1. The Bertz CT molecular complexity index is 200. The molecule has 0 aliphatic heterocycles. The summed E-state index contributed by atoms with van der Waals surface area (Å²) in [6.45, 7) is 1.95. The van der Waals surface area contributed by atoms with Crippen LogP contribution in [0, 0.1) is 42.0 Å². The standard InChI is InChI=1S/C5H5.C4H4N.4CH3.2ClH.H2Si.Zr/c2*1-2-4-5-3-1;;;;;;;;/h1-3H,4H2;1-3,5H;4*1H3;2*1H;1H2;/q6*-1;;;;. The zero-order valence-electron chi connectivity index (χ0n) is 11.7. The summed E-state index contributed by atoms with van der Waals surface area (Å²) in [5.74, 6) is 0. The van der Waals surface area contributed by atoms with Gasteiger partial charge in [-0.2, -0.15) is 24.4 Å². The van der Waals surface area contributed by atoms with Crippen LogP contribution >= 0.6 is 24.8 Å². The fourth-order valence-electron chi connectivity index (χ4n) is 0.581. The van der Waals surface area contributed by atoms with E-state index in [2.05, 4.69) is 23.3 Å². The average Bonchev–Trinajstić information content (AvgIpc) is 2.87. The Morgan fingerprint density at radius 2 is 1.61 bits per heavy atom. The molecule has 0 atom stereocenters. The monoisotopic (exact) mass is 383 g/mol. The summed E-state index contributed by atoms with van der Waals surface area (Å²) < 4.78 is 0. The molecule has 1 aliphatic rings. The Morgan fingerprint density at radius 3 is 1.72 bits per heavy atom. The Balaban J connectivity index is -0.0000000183. The molecule has 0 unspecified atom stereocenters. The molecule has 1 aromatic rings. The number of nitrogens with one attached hydrogen (secondary N) is 1. The minimum absolute atomic E-state index is 0. The van der Waals surface area contributed by atoms with Gasteiger partial charge in [0.25, 0.3) is 0 Å². The van der Waals surface area contributed by atoms with Crippen LogP contribution in [0.4, 0.5) is 0 Å². The second kappa shape index (κ2) is 43.2. The van der Waals surface area contributed by atoms with E-state index in [-0.39, 0.29) is 54.5 Å². The van der Waals surface area contributed by atoms with Gasteiger partial charge in [-0.3, -0.25) is 6.08 Å². The van der Waals surface area contributed by atoms with Crippen LogP contribution in [0.15, 0.2) is 36.6 Å². The van der Waals surface area contributed by atoms with Crippen molar-refractivity contribution >= 4 is 31.7 Å². The van der Waals surface area contributed by atoms with E-state index < -0.39 is 0 Å². The second-order valence-corrected chi connectivity index (χ2v) is 1.82. The first-order chi connectivity index (χ1) is 6.00. The van der Waals surface area contributed by atoms with Gasteiger partial charge in [-0.25, -0.2) is 12.2 Å². The molecular formula is C13H25Cl2NSiZr-6. The van der Waals surface area contributed by atoms with Gasteiger partial charge in [0.15, 0.2) is 0 Å². The van der Waals surface area contributed by atoms with Gasteiger partial charge in [0.2, 0.25) is 0 Å². The number of hydrogen-bond acceptors (Lipinski definition) is 0. The molecule has 0 radical (unpaired) electrons. The topological polar surface area (TPSA) is 15.8 Å². The molecule has 1 aliphatic carbocycles. The van der Waals surface area contributed by atoms with Crippen molar-refractivity contribution in [2.75, 3.05) is 0 Å². The van der Waals surface area contributed by atoms with E-state index in [9.17, 15) is 0 Å². The maximum absolute atomic E-state index is 2.99. The van der Waals surface area contributed by atoms with Crippen molar-refractivity contribution in [2.24, 2.45) is 0 Å². The van der Waals surface area contributed by atoms with Crippen molar-refractivity contribution in [3.63, 3.8) is 0 Å². The molecule has 110 valence electrons. The maximum Gasteiger partial charge on any atom is -0.108 e. The van der Waals surface area contributed by atoms with E-state index in [0.29, 0.717) is 0 Å². The van der Waals surface area contributed by atoms with Gasteiger partial charge < -0.3 is 34.7 Å². The quantitative estimate of drug-likeness (QED) is 0.516. The molecule has 0 fully saturated rings. The summed E-state index contributed by atoms with van der Waals surface area (Å²) >= 11 is 1.58. The maximum atomic E-state index is 2.99. The zero-order valence-corrected chi connectivity index (χ0v) is 17.2. The summed E-state index contributed by atoms with van der Waals surface area (Å²) in [5.41, 5.74) is 0. The molecule has 0 saturated carbocycles. The minimum Gasteiger partial charge on any atom is -0.484 e. The van der Waals surface area contributed by atoms with Crippen LogP contribution in [0.2, 0.25) is 0 Å². The van der Waals surface area contributed by atoms with Gasteiger partial charge in [-0.1, -0.05) is 0 Å². The summed E-state index contributed by atoms with van der Waals surface area (Å²) in [4.78, 5) is 2.74. The van der Waals surface area contributed by atoms with Gasteiger partial charge in [0.1, 0.15) is 0 Å². The molecule has 18 heavy (non-hydrogen) atoms. The van der Waals surface area contributed by atoms with Crippen molar-refractivity contribution in [3.05, 3.63) is 78.5 Å². The van der Waals surface area contributed by atoms with Crippen LogP contribution in [0.25, 0.3) is 0 Å². The molecule has 2 rings (SSSR count). The number of hydrogen-bond donors (Lipinski definition) is 1. The van der Waals surface area contributed by atoms with Gasteiger partial charge in [0.05, 0.1) is 0 Å². The zero-order chi connectivity index (χ0) is 9.07. The first-order valence-corrected chi connectivity index (χ1v) is 9.49. The van der Waals surface area contributed by atoms with Crippen LogP contribution in [-0.4, -0.2) is 11.9 Å². The van der Waals surface area contributed by atoms with E-state index in [1.165, 1.54) is 0 Å². The summed E-state index contributed by atoms with van der Waals surface area (Å²) in [5, 5.41) is 0. The average molecular weight is 386 g/mol. The number of rotatable bonds is 0. The Morgan fingerprint density at radius 1 is 1.06 bits per heavy atom. The predicted molar refractivity (Wildman–Crippen MR) is 89.9 cm³/mol. The van der Waals surface area contributed by atoms with E-state index in [1.54, 1.807) is 23.3 Å². The Labute approximate surface area is 144 Å². The van der Waals surface area contributed by atoms with Crippen LogP contribution < -0.4 is 0 Å². The summed E-state index contributed by atoms with van der Waals surface area (Å²) in [7, 11) is 0. The second-order valence-electron chi connectivity index (χ2n) is 1.82. The minimum atomic E-state index is 0. The SMILES string of the molecule is Cl.Cl.[C-]1=CC=CC1.[CH3-].[CH3-].[CH3-].[CH3-].[SiH2]=[Zr].[c-]1ccc[nH]1. The van der Waals surface area contributed by atoms with Crippen molar-refractivity contribution in [1.82, 2.24) is 4.98 Å². The molecule has 1 N–H and O–H groups in total. The van der Waals surface area contributed by atoms with E-state index in [0.717, 1.165) is 6.42 Å². The van der Waals surface area contributed by atoms with Gasteiger partial charge in [-0.15, -0.1) is 37.4 Å². The van der Waals surface area contributed by atoms with Crippen LogP contribution in [0.1, 0.15) is 6.42 Å². The number of H-pyrrole nitrogens is 1. The molecule has 0 bridgehead atoms. The number of halogens is 2. The smallest absolute Gasteiger partial charge is 0.108 e. The molecule has 0 spiro atoms. The van der Waals surface area contributed by atoms with E-state index in [1.807, 2.05) is 37.4 Å². The predicted octanol–water partition coefficient (Wildman–Crippen LogP) is 3.85. The van der Waals surface area contributed by atoms with Gasteiger partial charge >= 0.3 is 30.2 Å². The number of allylic oxidation sites excluding steroid dienone is 4. The van der Waals surface area contributed by atoms with E-state index in [4.69, 9.17) is 0 Å². The first-order valence-electron chi connectivity index (χ1n) is 3.56. The van der Waals surface area contributed by atoms with Crippen molar-refractivity contribution < 1.29 is 23.3 Å². The molecule has 1 nitrogen and oxygen atoms in total. The molecule has 0 aromatic carbocycles. The third-order valence-electron chi connectivity index (χ3n) is 1.03. The van der Waals surface area contributed by atoms with Gasteiger partial charge in [0, 0.05) is 0 Å². The summed E-state index contributed by atoms with van der Waals surface area (Å²) in [6, 6.07) is 3.71. The normalized spacial score (nSPS) is 7.28. The van der Waals surface area contributed by atoms with Gasteiger partial charge in [-0.05, 0) is 0 Å². The fraction of sp³-hybridized carbons (Fsp3) is 0.0769. The molecule has 0 saturated heterocycles. The van der Waals surface area contributed by atoms with E-state index >= 15 is 0 Å². The van der Waals surface area contributed by atoms with Crippen LogP contribution in [0.3, 0.4) is 0 Å². The van der Waals surface area contributed by atoms with Crippen LogP contribution in [-0.2, 0) is 23.3 Å². The van der Waals surface area contributed by atoms with Crippen LogP contribution in [0.5, 0.6) is 0 Å². The van der Waals surface area contributed by atoms with Crippen molar-refractivity contribution in [3.8, 4) is 0 Å². The fourth-order valence-corrected chi connectivity index (χ4v) is 0.581. The third-order valence-corrected chi connectivity index (χ3v) is 1.03. The first kappa shape index (κ1) is 42.9. The third kappa shape index (κ3) is 36.0. The number of aromatic nitrogens is 1. The summed E-state index contributed by atoms with van der Waals surface area (Å²) in [6.07, 6.45) is 14.6. The largest absolute Gasteiger partial charge is 0.484 e.